The summed E-state index contributed by atoms with van der Waals surface area (Å²) < 4.78 is 1.13. The SMILES string of the molecule is CC1CNN(CI)C1C1CCCCCCC1. The van der Waals surface area contributed by atoms with Crippen LogP contribution >= 0.6 is 22.6 Å². The topological polar surface area (TPSA) is 15.3 Å². The molecule has 1 heterocycles. The lowest BCUT2D eigenvalue weighted by atomic mass is 9.81. The number of halogens is 1. The number of nitrogens with zero attached hydrogens (tertiary/aromatic N) is 1. The Balaban J connectivity index is 1.96. The normalized spacial score (nSPS) is 34.9. The third-order valence-corrected chi connectivity index (χ3v) is 5.06. The Labute approximate surface area is 114 Å². The van der Waals surface area contributed by atoms with Gasteiger partial charge < -0.3 is 0 Å². The highest BCUT2D eigenvalue weighted by atomic mass is 127. The van der Waals surface area contributed by atoms with Crippen LogP contribution in [0.3, 0.4) is 0 Å². The van der Waals surface area contributed by atoms with Crippen LogP contribution in [0.25, 0.3) is 0 Å². The average Bonchev–Trinajstić information content (AvgIpc) is 2.60. The molecule has 0 aromatic carbocycles. The molecule has 0 aromatic rings. The van der Waals surface area contributed by atoms with Gasteiger partial charge in [0.15, 0.2) is 0 Å². The lowest BCUT2D eigenvalue weighted by molar-refractivity contribution is 0.134. The van der Waals surface area contributed by atoms with Crippen LogP contribution in [-0.4, -0.2) is 22.1 Å². The summed E-state index contributed by atoms with van der Waals surface area (Å²) in [6, 6.07) is 0.801. The van der Waals surface area contributed by atoms with Gasteiger partial charge in [0.1, 0.15) is 0 Å². The lowest BCUT2D eigenvalue weighted by Gasteiger charge is -2.33. The van der Waals surface area contributed by atoms with Gasteiger partial charge >= 0.3 is 0 Å². The van der Waals surface area contributed by atoms with Gasteiger partial charge in [-0.25, -0.2) is 5.01 Å². The van der Waals surface area contributed by atoms with Gasteiger partial charge in [-0.15, -0.1) is 0 Å². The molecule has 2 rings (SSSR count). The smallest absolute Gasteiger partial charge is 0.0652 e. The molecule has 2 fully saturated rings. The van der Waals surface area contributed by atoms with Crippen LogP contribution in [0.15, 0.2) is 0 Å². The molecule has 16 heavy (non-hydrogen) atoms. The predicted molar refractivity (Wildman–Crippen MR) is 77.5 cm³/mol. The maximum Gasteiger partial charge on any atom is 0.0652 e. The number of nitrogens with one attached hydrogen (secondary N) is 1. The van der Waals surface area contributed by atoms with Gasteiger partial charge in [-0.05, 0) is 24.7 Å². The molecule has 94 valence electrons. The van der Waals surface area contributed by atoms with E-state index in [0.717, 1.165) is 22.4 Å². The zero-order valence-electron chi connectivity index (χ0n) is 10.4. The molecular formula is C13H25IN2. The molecule has 1 N–H and O–H groups in total. The van der Waals surface area contributed by atoms with Crippen molar-refractivity contribution in [3.05, 3.63) is 0 Å². The highest BCUT2D eigenvalue weighted by Gasteiger charge is 2.36. The van der Waals surface area contributed by atoms with E-state index < -0.39 is 0 Å². The summed E-state index contributed by atoms with van der Waals surface area (Å²) in [4.78, 5) is 0. The van der Waals surface area contributed by atoms with Crippen LogP contribution in [-0.2, 0) is 0 Å². The van der Waals surface area contributed by atoms with Crippen molar-refractivity contribution in [2.75, 3.05) is 11.1 Å². The molecule has 2 nitrogen and oxygen atoms in total. The number of hydrazine groups is 1. The minimum absolute atomic E-state index is 0.801. The molecule has 0 spiro atoms. The summed E-state index contributed by atoms with van der Waals surface area (Å²) in [7, 11) is 0. The van der Waals surface area contributed by atoms with Gasteiger partial charge in [0, 0.05) is 12.6 Å². The minimum atomic E-state index is 0.801. The third kappa shape index (κ3) is 3.10. The molecule has 1 aliphatic carbocycles. The zero-order valence-corrected chi connectivity index (χ0v) is 12.6. The van der Waals surface area contributed by atoms with Crippen molar-refractivity contribution in [1.29, 1.82) is 0 Å². The standard InChI is InChI=1S/C13H25IN2/c1-11-9-15-16(10-14)13(11)12-7-5-3-2-4-6-8-12/h11-13,15H,2-10H2,1H3. The molecule has 0 aromatic heterocycles. The Bertz CT molecular complexity index is 202. The van der Waals surface area contributed by atoms with E-state index in [1.807, 2.05) is 0 Å². The summed E-state index contributed by atoms with van der Waals surface area (Å²) in [6.45, 7) is 3.60. The summed E-state index contributed by atoms with van der Waals surface area (Å²) in [5, 5.41) is 2.50. The van der Waals surface area contributed by atoms with Gasteiger partial charge in [0.05, 0.1) is 4.55 Å². The monoisotopic (exact) mass is 336 g/mol. The lowest BCUT2D eigenvalue weighted by Crippen LogP contribution is -2.41. The zero-order chi connectivity index (χ0) is 11.4. The van der Waals surface area contributed by atoms with Gasteiger partial charge in [0.25, 0.3) is 0 Å². The second-order valence-electron chi connectivity index (χ2n) is 5.52. The predicted octanol–water partition coefficient (Wildman–Crippen LogP) is 3.56. The second kappa shape index (κ2) is 6.55. The maximum atomic E-state index is 3.57. The Morgan fingerprint density at radius 2 is 1.75 bits per heavy atom. The number of rotatable bonds is 2. The van der Waals surface area contributed by atoms with Crippen molar-refractivity contribution >= 4 is 22.6 Å². The number of hydrogen-bond acceptors (Lipinski definition) is 2. The summed E-state index contributed by atoms with van der Waals surface area (Å²) in [5.41, 5.74) is 3.57. The van der Waals surface area contributed by atoms with E-state index in [2.05, 4.69) is 39.9 Å². The van der Waals surface area contributed by atoms with E-state index in [1.54, 1.807) is 0 Å². The average molecular weight is 336 g/mol. The van der Waals surface area contributed by atoms with Crippen LogP contribution in [0.2, 0.25) is 0 Å². The van der Waals surface area contributed by atoms with Crippen molar-refractivity contribution in [3.63, 3.8) is 0 Å². The van der Waals surface area contributed by atoms with E-state index in [0.29, 0.717) is 0 Å². The molecular weight excluding hydrogens is 311 g/mol. The molecule has 2 unspecified atom stereocenters. The van der Waals surface area contributed by atoms with Crippen molar-refractivity contribution in [1.82, 2.24) is 10.4 Å². The molecule has 2 aliphatic rings. The van der Waals surface area contributed by atoms with Crippen molar-refractivity contribution < 1.29 is 0 Å². The minimum Gasteiger partial charge on any atom is -0.254 e. The fourth-order valence-corrected chi connectivity index (χ4v) is 4.16. The fourth-order valence-electron chi connectivity index (χ4n) is 3.46. The van der Waals surface area contributed by atoms with Crippen molar-refractivity contribution in [2.45, 2.75) is 57.9 Å². The first-order chi connectivity index (χ1) is 7.83. The van der Waals surface area contributed by atoms with Crippen LogP contribution in [0.1, 0.15) is 51.9 Å². The molecule has 2 atom stereocenters. The van der Waals surface area contributed by atoms with Crippen molar-refractivity contribution in [2.24, 2.45) is 11.8 Å². The van der Waals surface area contributed by atoms with Crippen LogP contribution in [0.4, 0.5) is 0 Å². The first-order valence-electron chi connectivity index (χ1n) is 6.89. The van der Waals surface area contributed by atoms with E-state index >= 15 is 0 Å². The van der Waals surface area contributed by atoms with Gasteiger partial charge in [-0.3, -0.25) is 5.43 Å². The van der Waals surface area contributed by atoms with E-state index in [9.17, 15) is 0 Å². The fraction of sp³-hybridized carbons (Fsp3) is 1.00. The molecule has 0 amide bonds. The number of alkyl halides is 1. The van der Waals surface area contributed by atoms with Gasteiger partial charge in [-0.1, -0.05) is 61.6 Å². The molecule has 1 saturated heterocycles. The van der Waals surface area contributed by atoms with E-state index in [4.69, 9.17) is 0 Å². The van der Waals surface area contributed by atoms with Crippen molar-refractivity contribution in [3.8, 4) is 0 Å². The molecule has 1 saturated carbocycles. The Hall–Kier alpha value is 0.650. The van der Waals surface area contributed by atoms with Gasteiger partial charge in [0.2, 0.25) is 0 Å². The summed E-state index contributed by atoms with van der Waals surface area (Å²) in [5.74, 6) is 1.78. The quantitative estimate of drug-likeness (QED) is 0.471. The molecule has 0 bridgehead atoms. The maximum absolute atomic E-state index is 3.57. The van der Waals surface area contributed by atoms with E-state index in [-0.39, 0.29) is 0 Å². The molecule has 3 heteroatoms. The van der Waals surface area contributed by atoms with Crippen LogP contribution in [0.5, 0.6) is 0 Å². The summed E-state index contributed by atoms with van der Waals surface area (Å²) in [6.07, 6.45) is 10.3. The first-order valence-corrected chi connectivity index (χ1v) is 8.41. The second-order valence-corrected chi connectivity index (χ2v) is 6.21. The molecule has 1 aliphatic heterocycles. The van der Waals surface area contributed by atoms with Gasteiger partial charge in [-0.2, -0.15) is 0 Å². The van der Waals surface area contributed by atoms with Crippen LogP contribution in [0, 0.1) is 11.8 Å². The Kier molecular flexibility index (Phi) is 5.36. The third-order valence-electron chi connectivity index (χ3n) is 4.32. The molecule has 0 radical (unpaired) electrons. The Morgan fingerprint density at radius 3 is 2.38 bits per heavy atom. The highest BCUT2D eigenvalue weighted by Crippen LogP contribution is 2.33. The first kappa shape index (κ1) is 13.1. The van der Waals surface area contributed by atoms with E-state index in [1.165, 1.54) is 51.5 Å². The largest absolute Gasteiger partial charge is 0.254 e. The summed E-state index contributed by atoms with van der Waals surface area (Å²) >= 11 is 2.49. The Morgan fingerprint density at radius 1 is 1.12 bits per heavy atom. The number of hydrogen-bond donors (Lipinski definition) is 1. The van der Waals surface area contributed by atoms with Crippen LogP contribution < -0.4 is 5.43 Å². The highest BCUT2D eigenvalue weighted by molar-refractivity contribution is 14.1.